The molecule has 0 bridgehead atoms. The summed E-state index contributed by atoms with van der Waals surface area (Å²) in [4.78, 5) is 11.0. The van der Waals surface area contributed by atoms with Crippen LogP contribution in [0.3, 0.4) is 0 Å². The second kappa shape index (κ2) is 4.88. The molecule has 0 radical (unpaired) electrons. The van der Waals surface area contributed by atoms with Crippen molar-refractivity contribution in [3.8, 4) is 0 Å². The van der Waals surface area contributed by atoms with E-state index in [9.17, 15) is 5.11 Å². The molecule has 1 saturated carbocycles. The molecule has 3 atom stereocenters. The quantitative estimate of drug-likeness (QED) is 0.860. The Kier molecular flexibility index (Phi) is 3.32. The van der Waals surface area contributed by atoms with Gasteiger partial charge in [-0.05, 0) is 32.1 Å². The van der Waals surface area contributed by atoms with Crippen LogP contribution in [0.15, 0.2) is 6.20 Å². The predicted molar refractivity (Wildman–Crippen MR) is 79.5 cm³/mol. The van der Waals surface area contributed by atoms with Crippen molar-refractivity contribution in [3.05, 3.63) is 11.8 Å². The molecule has 5 nitrogen and oxygen atoms in total. The lowest BCUT2D eigenvalue weighted by Crippen LogP contribution is -2.44. The first-order valence-electron chi connectivity index (χ1n) is 7.60. The second-order valence-electron chi connectivity index (χ2n) is 6.36. The Balaban J connectivity index is 1.83. The molecule has 2 fully saturated rings. The van der Waals surface area contributed by atoms with E-state index < -0.39 is 5.60 Å². The number of nitrogens with two attached hydrogens (primary N) is 1. The van der Waals surface area contributed by atoms with E-state index in [1.165, 1.54) is 6.42 Å². The van der Waals surface area contributed by atoms with Crippen LogP contribution in [0.2, 0.25) is 0 Å². The van der Waals surface area contributed by atoms with Crippen LogP contribution >= 0.6 is 0 Å². The summed E-state index contributed by atoms with van der Waals surface area (Å²) >= 11 is 0. The first kappa shape index (κ1) is 13.6. The summed E-state index contributed by atoms with van der Waals surface area (Å²) < 4.78 is 0. The van der Waals surface area contributed by atoms with E-state index in [4.69, 9.17) is 5.73 Å². The Labute approximate surface area is 120 Å². The SMILES string of the molecule is CC[C@]1(O)CCC[C@H]2CN(c3ncc(C)c(N)n3)C[C@H]21. The molecule has 0 aromatic carbocycles. The number of hydrogen-bond donors (Lipinski definition) is 2. The molecule has 20 heavy (non-hydrogen) atoms. The van der Waals surface area contributed by atoms with Crippen LogP contribution in [0.1, 0.15) is 38.2 Å². The summed E-state index contributed by atoms with van der Waals surface area (Å²) in [6.07, 6.45) is 5.86. The van der Waals surface area contributed by atoms with E-state index in [1.54, 1.807) is 6.20 Å². The van der Waals surface area contributed by atoms with Crippen molar-refractivity contribution in [2.24, 2.45) is 11.8 Å². The van der Waals surface area contributed by atoms with Gasteiger partial charge in [0.1, 0.15) is 5.82 Å². The molecular formula is C15H24N4O. The van der Waals surface area contributed by atoms with E-state index in [2.05, 4.69) is 21.8 Å². The predicted octanol–water partition coefficient (Wildman–Crippen LogP) is 1.74. The summed E-state index contributed by atoms with van der Waals surface area (Å²) in [6.45, 7) is 5.79. The summed E-state index contributed by atoms with van der Waals surface area (Å²) in [7, 11) is 0. The van der Waals surface area contributed by atoms with E-state index in [0.29, 0.717) is 23.6 Å². The summed E-state index contributed by atoms with van der Waals surface area (Å²) in [6, 6.07) is 0. The minimum Gasteiger partial charge on any atom is -0.390 e. The fraction of sp³-hybridized carbons (Fsp3) is 0.733. The number of aromatic nitrogens is 2. The standard InChI is InChI=1S/C15H24N4O/c1-3-15(20)6-4-5-11-8-19(9-12(11)15)14-17-7-10(2)13(16)18-14/h7,11-12,20H,3-6,8-9H2,1-2H3,(H2,16,17,18)/t11-,12+,15-/m0/s1. The molecule has 0 unspecified atom stereocenters. The first-order valence-corrected chi connectivity index (χ1v) is 7.60. The Morgan fingerprint density at radius 3 is 3.00 bits per heavy atom. The number of fused-ring (bicyclic) bond motifs is 1. The Morgan fingerprint density at radius 2 is 2.30 bits per heavy atom. The second-order valence-corrected chi connectivity index (χ2v) is 6.36. The van der Waals surface area contributed by atoms with Gasteiger partial charge in [0.05, 0.1) is 5.60 Å². The maximum absolute atomic E-state index is 10.8. The van der Waals surface area contributed by atoms with Gasteiger partial charge in [0.15, 0.2) is 0 Å². The number of hydrogen-bond acceptors (Lipinski definition) is 5. The largest absolute Gasteiger partial charge is 0.390 e. The van der Waals surface area contributed by atoms with Crippen molar-refractivity contribution < 1.29 is 5.11 Å². The third-order valence-corrected chi connectivity index (χ3v) is 5.21. The minimum absolute atomic E-state index is 0.340. The van der Waals surface area contributed by atoms with Gasteiger partial charge in [-0.15, -0.1) is 0 Å². The number of anilines is 2. The van der Waals surface area contributed by atoms with Crippen LogP contribution in [-0.2, 0) is 0 Å². The average Bonchev–Trinajstić information content (AvgIpc) is 2.88. The van der Waals surface area contributed by atoms with E-state index >= 15 is 0 Å². The molecule has 1 aliphatic heterocycles. The molecule has 2 heterocycles. The van der Waals surface area contributed by atoms with Gasteiger partial charge in [0.25, 0.3) is 0 Å². The first-order chi connectivity index (χ1) is 9.53. The Hall–Kier alpha value is -1.36. The molecular weight excluding hydrogens is 252 g/mol. The number of aliphatic hydroxyl groups is 1. The van der Waals surface area contributed by atoms with Crippen molar-refractivity contribution in [1.29, 1.82) is 0 Å². The lowest BCUT2D eigenvalue weighted by Gasteiger charge is -2.40. The zero-order chi connectivity index (χ0) is 14.3. The molecule has 3 N–H and O–H groups in total. The number of aryl methyl sites for hydroxylation is 1. The zero-order valence-corrected chi connectivity index (χ0v) is 12.3. The molecule has 0 spiro atoms. The maximum Gasteiger partial charge on any atom is 0.227 e. The van der Waals surface area contributed by atoms with Crippen molar-refractivity contribution in [3.63, 3.8) is 0 Å². The Bertz CT molecular complexity index is 507. The molecule has 110 valence electrons. The van der Waals surface area contributed by atoms with Crippen LogP contribution in [0.4, 0.5) is 11.8 Å². The highest BCUT2D eigenvalue weighted by Crippen LogP contribution is 2.44. The highest BCUT2D eigenvalue weighted by Gasteiger charge is 2.48. The Morgan fingerprint density at radius 1 is 1.50 bits per heavy atom. The van der Waals surface area contributed by atoms with Crippen LogP contribution in [-0.4, -0.2) is 33.8 Å². The van der Waals surface area contributed by atoms with Gasteiger partial charge in [-0.25, -0.2) is 4.98 Å². The monoisotopic (exact) mass is 276 g/mol. The van der Waals surface area contributed by atoms with Gasteiger partial charge in [-0.3, -0.25) is 0 Å². The molecule has 2 aliphatic rings. The molecule has 1 aromatic heterocycles. The van der Waals surface area contributed by atoms with Gasteiger partial charge in [-0.2, -0.15) is 4.98 Å². The summed E-state index contributed by atoms with van der Waals surface area (Å²) in [5.74, 6) is 2.16. The van der Waals surface area contributed by atoms with Gasteiger partial charge >= 0.3 is 0 Å². The molecule has 3 rings (SSSR count). The molecule has 1 aromatic rings. The number of nitrogen functional groups attached to an aromatic ring is 1. The fourth-order valence-corrected chi connectivity index (χ4v) is 3.83. The van der Waals surface area contributed by atoms with Crippen LogP contribution in [0, 0.1) is 18.8 Å². The molecule has 1 saturated heterocycles. The average molecular weight is 276 g/mol. The lowest BCUT2D eigenvalue weighted by molar-refractivity contribution is -0.0597. The minimum atomic E-state index is -0.506. The van der Waals surface area contributed by atoms with E-state index in [-0.39, 0.29) is 0 Å². The topological polar surface area (TPSA) is 75.3 Å². The third kappa shape index (κ3) is 2.14. The highest BCUT2D eigenvalue weighted by molar-refractivity contribution is 5.44. The smallest absolute Gasteiger partial charge is 0.227 e. The summed E-state index contributed by atoms with van der Waals surface area (Å²) in [5, 5.41) is 10.8. The van der Waals surface area contributed by atoms with Crippen molar-refractivity contribution in [2.45, 2.75) is 45.1 Å². The number of nitrogens with zero attached hydrogens (tertiary/aromatic N) is 3. The molecule has 1 aliphatic carbocycles. The lowest BCUT2D eigenvalue weighted by atomic mass is 9.69. The van der Waals surface area contributed by atoms with Gasteiger partial charge in [0, 0.05) is 30.8 Å². The molecule has 5 heteroatoms. The van der Waals surface area contributed by atoms with E-state index in [1.807, 2.05) is 6.92 Å². The van der Waals surface area contributed by atoms with Crippen LogP contribution < -0.4 is 10.6 Å². The van der Waals surface area contributed by atoms with Crippen LogP contribution in [0.25, 0.3) is 0 Å². The van der Waals surface area contributed by atoms with Crippen molar-refractivity contribution in [1.82, 2.24) is 9.97 Å². The third-order valence-electron chi connectivity index (χ3n) is 5.21. The fourth-order valence-electron chi connectivity index (χ4n) is 3.83. The van der Waals surface area contributed by atoms with E-state index in [0.717, 1.165) is 37.9 Å². The van der Waals surface area contributed by atoms with Gasteiger partial charge in [-0.1, -0.05) is 13.3 Å². The zero-order valence-electron chi connectivity index (χ0n) is 12.3. The van der Waals surface area contributed by atoms with Crippen LogP contribution in [0.5, 0.6) is 0 Å². The normalized spacial score (nSPS) is 33.2. The summed E-state index contributed by atoms with van der Waals surface area (Å²) in [5.41, 5.74) is 6.29. The highest BCUT2D eigenvalue weighted by atomic mass is 16.3. The molecule has 0 amide bonds. The van der Waals surface area contributed by atoms with Crippen molar-refractivity contribution >= 4 is 11.8 Å². The van der Waals surface area contributed by atoms with Crippen molar-refractivity contribution in [2.75, 3.05) is 23.7 Å². The maximum atomic E-state index is 10.8. The van der Waals surface area contributed by atoms with Gasteiger partial charge < -0.3 is 15.7 Å². The number of rotatable bonds is 2. The van der Waals surface area contributed by atoms with Gasteiger partial charge in [0.2, 0.25) is 5.95 Å².